The summed E-state index contributed by atoms with van der Waals surface area (Å²) in [6.45, 7) is -0.470. The van der Waals surface area contributed by atoms with E-state index in [1.807, 2.05) is 4.90 Å². The number of ether oxygens (including phenoxy) is 1. The molecule has 1 aromatic carbocycles. The topological polar surface area (TPSA) is 29.5 Å². The molecule has 114 valence electrons. The van der Waals surface area contributed by atoms with Crippen LogP contribution < -0.4 is 0 Å². The largest absolute Gasteiger partial charge is 0.469 e. The van der Waals surface area contributed by atoms with Gasteiger partial charge in [0.15, 0.2) is 0 Å². The van der Waals surface area contributed by atoms with Crippen LogP contribution in [0, 0.1) is 9.49 Å². The van der Waals surface area contributed by atoms with Gasteiger partial charge in [-0.1, -0.05) is 12.1 Å². The molecule has 3 rings (SSSR count). The van der Waals surface area contributed by atoms with Gasteiger partial charge in [-0.15, -0.1) is 0 Å². The van der Waals surface area contributed by atoms with E-state index in [4.69, 9.17) is 4.74 Å². The molecule has 0 spiro atoms. The van der Waals surface area contributed by atoms with E-state index in [1.54, 1.807) is 0 Å². The zero-order valence-corrected chi connectivity index (χ0v) is 14.1. The van der Waals surface area contributed by atoms with Gasteiger partial charge >= 0.3 is 5.97 Å². The third-order valence-corrected chi connectivity index (χ3v) is 5.69. The van der Waals surface area contributed by atoms with Gasteiger partial charge in [-0.05, 0) is 59.5 Å². The molecule has 5 heteroatoms. The van der Waals surface area contributed by atoms with Crippen molar-refractivity contribution in [2.75, 3.05) is 13.9 Å². The van der Waals surface area contributed by atoms with Crippen LogP contribution in [0.4, 0.5) is 4.39 Å². The predicted octanol–water partition coefficient (Wildman–Crippen LogP) is 3.33. The van der Waals surface area contributed by atoms with E-state index < -0.39 is 6.80 Å². The summed E-state index contributed by atoms with van der Waals surface area (Å²) >= 11 is 2.27. The van der Waals surface area contributed by atoms with Crippen LogP contribution in [-0.4, -0.2) is 36.9 Å². The van der Waals surface area contributed by atoms with Gasteiger partial charge in [0.05, 0.1) is 13.0 Å². The summed E-state index contributed by atoms with van der Waals surface area (Å²) < 4.78 is 19.5. The van der Waals surface area contributed by atoms with E-state index in [2.05, 4.69) is 46.9 Å². The number of hydrogen-bond acceptors (Lipinski definition) is 3. The molecule has 2 aliphatic heterocycles. The van der Waals surface area contributed by atoms with Crippen molar-refractivity contribution in [2.45, 2.75) is 37.3 Å². The summed E-state index contributed by atoms with van der Waals surface area (Å²) in [4.78, 5) is 14.1. The van der Waals surface area contributed by atoms with Gasteiger partial charge in [0.2, 0.25) is 0 Å². The fourth-order valence-corrected chi connectivity index (χ4v) is 4.37. The van der Waals surface area contributed by atoms with Gasteiger partial charge in [-0.2, -0.15) is 0 Å². The zero-order chi connectivity index (χ0) is 15.0. The van der Waals surface area contributed by atoms with Crippen LogP contribution in [0.25, 0.3) is 0 Å². The van der Waals surface area contributed by atoms with Crippen LogP contribution in [0.3, 0.4) is 0 Å². The Balaban J connectivity index is 1.95. The van der Waals surface area contributed by atoms with E-state index in [0.29, 0.717) is 0 Å². The van der Waals surface area contributed by atoms with E-state index in [9.17, 15) is 9.18 Å². The van der Waals surface area contributed by atoms with Gasteiger partial charge in [-0.25, -0.2) is 4.39 Å². The number of methoxy groups -OCH3 is 1. The number of nitrogens with zero attached hydrogens (tertiary/aromatic N) is 1. The molecule has 1 aromatic rings. The molecule has 0 aliphatic carbocycles. The summed E-state index contributed by atoms with van der Waals surface area (Å²) in [7, 11) is 1.42. The average Bonchev–Trinajstić information content (AvgIpc) is 2.80. The predicted molar refractivity (Wildman–Crippen MR) is 86.6 cm³/mol. The van der Waals surface area contributed by atoms with Gasteiger partial charge in [0.1, 0.15) is 6.80 Å². The van der Waals surface area contributed by atoms with Crippen LogP contribution in [0.2, 0.25) is 0 Å². The third-order valence-electron chi connectivity index (χ3n) is 4.97. The standard InChI is InChI=1S/C16H19FINO2/c1-21-16(20)15-13(10-2-4-11(18)5-3-10)8-12-6-7-14(15)19(12)9-17/h2-5,12-15H,6-9H2,1H3. The lowest BCUT2D eigenvalue weighted by atomic mass is 9.76. The summed E-state index contributed by atoms with van der Waals surface area (Å²) in [5.74, 6) is -0.332. The number of alkyl halides is 1. The molecule has 0 amide bonds. The quantitative estimate of drug-likeness (QED) is 0.441. The van der Waals surface area contributed by atoms with E-state index in [1.165, 1.54) is 16.2 Å². The Labute approximate surface area is 138 Å². The Hall–Kier alpha value is -0.690. The molecule has 0 radical (unpaired) electrons. The molecule has 4 atom stereocenters. The second-order valence-corrected chi connectivity index (χ2v) is 7.12. The third kappa shape index (κ3) is 2.70. The first-order valence-electron chi connectivity index (χ1n) is 7.30. The number of hydrogen-bond donors (Lipinski definition) is 0. The van der Waals surface area contributed by atoms with Gasteiger partial charge < -0.3 is 4.74 Å². The van der Waals surface area contributed by atoms with Crippen LogP contribution in [0.15, 0.2) is 24.3 Å². The van der Waals surface area contributed by atoms with Gasteiger partial charge in [-0.3, -0.25) is 9.69 Å². The Morgan fingerprint density at radius 1 is 1.38 bits per heavy atom. The second-order valence-electron chi connectivity index (χ2n) is 5.87. The zero-order valence-electron chi connectivity index (χ0n) is 12.0. The summed E-state index contributed by atoms with van der Waals surface area (Å²) in [5.41, 5.74) is 1.17. The highest BCUT2D eigenvalue weighted by Crippen LogP contribution is 2.47. The maximum absolute atomic E-state index is 13.3. The number of benzene rings is 1. The van der Waals surface area contributed by atoms with Crippen molar-refractivity contribution in [1.82, 2.24) is 4.90 Å². The van der Waals surface area contributed by atoms with Crippen molar-refractivity contribution < 1.29 is 13.9 Å². The molecule has 4 unspecified atom stereocenters. The first-order chi connectivity index (χ1) is 10.2. The average molecular weight is 403 g/mol. The van der Waals surface area contributed by atoms with Gasteiger partial charge in [0.25, 0.3) is 0 Å². The molecule has 2 bridgehead atoms. The molecule has 2 aliphatic rings. The number of carbonyl (C=O) groups excluding carboxylic acids is 1. The monoisotopic (exact) mass is 403 g/mol. The van der Waals surface area contributed by atoms with Crippen molar-refractivity contribution in [3.63, 3.8) is 0 Å². The van der Waals surface area contributed by atoms with E-state index in [0.717, 1.165) is 19.3 Å². The highest BCUT2D eigenvalue weighted by Gasteiger charge is 2.50. The number of piperidine rings is 1. The first-order valence-corrected chi connectivity index (χ1v) is 8.38. The van der Waals surface area contributed by atoms with Crippen LogP contribution in [0.1, 0.15) is 30.7 Å². The van der Waals surface area contributed by atoms with E-state index >= 15 is 0 Å². The van der Waals surface area contributed by atoms with Gasteiger partial charge in [0, 0.05) is 21.6 Å². The van der Waals surface area contributed by atoms with E-state index in [-0.39, 0.29) is 29.9 Å². The molecule has 0 N–H and O–H groups in total. The lowest BCUT2D eigenvalue weighted by molar-refractivity contribution is -0.151. The van der Waals surface area contributed by atoms with Crippen LogP contribution in [0.5, 0.6) is 0 Å². The maximum Gasteiger partial charge on any atom is 0.310 e. The van der Waals surface area contributed by atoms with Crippen LogP contribution >= 0.6 is 22.6 Å². The normalized spacial score (nSPS) is 32.1. The molecule has 3 nitrogen and oxygen atoms in total. The van der Waals surface area contributed by atoms with Crippen molar-refractivity contribution in [1.29, 1.82) is 0 Å². The Bertz CT molecular complexity index is 522. The van der Waals surface area contributed by atoms with Crippen molar-refractivity contribution in [3.8, 4) is 0 Å². The summed E-state index contributed by atoms with van der Waals surface area (Å²) in [6.07, 6.45) is 2.69. The van der Waals surface area contributed by atoms with Crippen molar-refractivity contribution in [2.24, 2.45) is 5.92 Å². The number of fused-ring (bicyclic) bond motifs is 2. The molecule has 2 saturated heterocycles. The summed E-state index contributed by atoms with van der Waals surface area (Å²) in [6, 6.07) is 8.54. The molecular weight excluding hydrogens is 384 g/mol. The maximum atomic E-state index is 13.3. The minimum Gasteiger partial charge on any atom is -0.469 e. The molecule has 2 heterocycles. The first kappa shape index (κ1) is 15.2. The fraction of sp³-hybridized carbons (Fsp3) is 0.562. The number of rotatable bonds is 3. The lowest BCUT2D eigenvalue weighted by Gasteiger charge is -2.42. The number of halogens is 2. The Kier molecular flexibility index (Phi) is 4.49. The SMILES string of the molecule is COC(=O)C1C(c2ccc(I)cc2)CC2CCC1N2CF. The lowest BCUT2D eigenvalue weighted by Crippen LogP contribution is -2.50. The Morgan fingerprint density at radius 3 is 2.71 bits per heavy atom. The molecule has 21 heavy (non-hydrogen) atoms. The fourth-order valence-electron chi connectivity index (χ4n) is 4.01. The second kappa shape index (κ2) is 6.20. The summed E-state index contributed by atoms with van der Waals surface area (Å²) in [5, 5.41) is 0. The Morgan fingerprint density at radius 2 is 2.10 bits per heavy atom. The smallest absolute Gasteiger partial charge is 0.310 e. The molecule has 0 aromatic heterocycles. The molecular formula is C16H19FINO2. The highest BCUT2D eigenvalue weighted by molar-refractivity contribution is 14.1. The molecule has 2 fully saturated rings. The van der Waals surface area contributed by atoms with Crippen LogP contribution in [-0.2, 0) is 9.53 Å². The van der Waals surface area contributed by atoms with Crippen molar-refractivity contribution in [3.05, 3.63) is 33.4 Å². The minimum atomic E-state index is -0.470. The minimum absolute atomic E-state index is 0.0227. The number of esters is 1. The molecule has 0 saturated carbocycles. The number of carbonyl (C=O) groups is 1. The highest BCUT2D eigenvalue weighted by atomic mass is 127. The van der Waals surface area contributed by atoms with Crippen molar-refractivity contribution >= 4 is 28.6 Å².